The SMILES string of the molecule is Cc1nnc(-c2ccc(Br)c(C(F)(F)F)c2)nn1. The molecule has 1 aromatic heterocycles. The van der Waals surface area contributed by atoms with Crippen molar-refractivity contribution in [1.82, 2.24) is 20.4 Å². The normalized spacial score (nSPS) is 11.6. The molecular formula is C10H6BrF3N4. The van der Waals surface area contributed by atoms with E-state index < -0.39 is 11.7 Å². The molecule has 0 aliphatic heterocycles. The predicted octanol–water partition coefficient (Wildman–Crippen LogP) is 3.02. The average Bonchev–Trinajstić information content (AvgIpc) is 2.29. The minimum Gasteiger partial charge on any atom is -0.166 e. The van der Waals surface area contributed by atoms with Gasteiger partial charge >= 0.3 is 6.18 Å². The van der Waals surface area contributed by atoms with Gasteiger partial charge in [-0.3, -0.25) is 0 Å². The Hall–Kier alpha value is -1.57. The first-order chi connectivity index (χ1) is 8.38. The van der Waals surface area contributed by atoms with Gasteiger partial charge in [0.15, 0.2) is 5.82 Å². The van der Waals surface area contributed by atoms with E-state index in [1.807, 2.05) is 0 Å². The highest BCUT2D eigenvalue weighted by molar-refractivity contribution is 9.10. The van der Waals surface area contributed by atoms with E-state index in [9.17, 15) is 13.2 Å². The first-order valence-corrected chi connectivity index (χ1v) is 5.58. The number of nitrogens with zero attached hydrogens (tertiary/aromatic N) is 4. The number of aryl methyl sites for hydroxylation is 1. The van der Waals surface area contributed by atoms with Crippen molar-refractivity contribution in [2.24, 2.45) is 0 Å². The van der Waals surface area contributed by atoms with Crippen molar-refractivity contribution < 1.29 is 13.2 Å². The number of aromatic nitrogens is 4. The molecule has 0 saturated heterocycles. The number of benzene rings is 1. The lowest BCUT2D eigenvalue weighted by molar-refractivity contribution is -0.138. The summed E-state index contributed by atoms with van der Waals surface area (Å²) in [6.45, 7) is 1.59. The van der Waals surface area contributed by atoms with Gasteiger partial charge in [0.1, 0.15) is 0 Å². The average molecular weight is 319 g/mol. The lowest BCUT2D eigenvalue weighted by atomic mass is 10.1. The summed E-state index contributed by atoms with van der Waals surface area (Å²) < 4.78 is 38.1. The van der Waals surface area contributed by atoms with Crippen molar-refractivity contribution in [2.45, 2.75) is 13.1 Å². The Bertz CT molecular complexity index is 568. The smallest absolute Gasteiger partial charge is 0.166 e. The number of halogens is 4. The fourth-order valence-corrected chi connectivity index (χ4v) is 1.75. The maximum absolute atomic E-state index is 12.7. The number of rotatable bonds is 1. The summed E-state index contributed by atoms with van der Waals surface area (Å²) in [5.74, 6) is 0.408. The van der Waals surface area contributed by atoms with Crippen LogP contribution in [0.25, 0.3) is 11.4 Å². The quantitative estimate of drug-likeness (QED) is 0.811. The van der Waals surface area contributed by atoms with Crippen LogP contribution < -0.4 is 0 Å². The zero-order valence-corrected chi connectivity index (χ0v) is 10.6. The summed E-state index contributed by atoms with van der Waals surface area (Å²) in [5.41, 5.74) is -0.574. The molecule has 0 spiro atoms. The van der Waals surface area contributed by atoms with Gasteiger partial charge in [-0.2, -0.15) is 13.2 Å². The largest absolute Gasteiger partial charge is 0.417 e. The van der Waals surface area contributed by atoms with Crippen LogP contribution in [0.3, 0.4) is 0 Å². The van der Waals surface area contributed by atoms with E-state index in [4.69, 9.17) is 0 Å². The van der Waals surface area contributed by atoms with Gasteiger partial charge in [-0.15, -0.1) is 20.4 Å². The van der Waals surface area contributed by atoms with Crippen LogP contribution in [-0.2, 0) is 6.18 Å². The second kappa shape index (κ2) is 4.60. The van der Waals surface area contributed by atoms with Crippen LogP contribution in [-0.4, -0.2) is 20.4 Å². The summed E-state index contributed by atoms with van der Waals surface area (Å²) in [5, 5.41) is 14.7. The van der Waals surface area contributed by atoms with Crippen molar-refractivity contribution in [2.75, 3.05) is 0 Å². The summed E-state index contributed by atoms with van der Waals surface area (Å²) in [6.07, 6.45) is -4.44. The maximum atomic E-state index is 12.7. The monoisotopic (exact) mass is 318 g/mol. The van der Waals surface area contributed by atoms with Gasteiger partial charge in [-0.05, 0) is 25.1 Å². The molecule has 0 N–H and O–H groups in total. The van der Waals surface area contributed by atoms with Crippen LogP contribution in [0.4, 0.5) is 13.2 Å². The fraction of sp³-hybridized carbons (Fsp3) is 0.200. The Morgan fingerprint density at radius 3 is 2.22 bits per heavy atom. The highest BCUT2D eigenvalue weighted by atomic mass is 79.9. The minimum atomic E-state index is -4.44. The fourth-order valence-electron chi connectivity index (χ4n) is 1.28. The zero-order chi connectivity index (χ0) is 13.3. The van der Waals surface area contributed by atoms with Gasteiger partial charge in [0.25, 0.3) is 0 Å². The van der Waals surface area contributed by atoms with E-state index in [2.05, 4.69) is 36.3 Å². The Morgan fingerprint density at radius 2 is 1.67 bits per heavy atom. The molecule has 0 aliphatic carbocycles. The molecule has 1 aromatic carbocycles. The number of alkyl halides is 3. The lowest BCUT2D eigenvalue weighted by Crippen LogP contribution is -2.07. The van der Waals surface area contributed by atoms with Crippen molar-refractivity contribution in [1.29, 1.82) is 0 Å². The molecular weight excluding hydrogens is 313 g/mol. The van der Waals surface area contributed by atoms with Gasteiger partial charge in [-0.25, -0.2) is 0 Å². The highest BCUT2D eigenvalue weighted by Gasteiger charge is 2.33. The second-order valence-corrected chi connectivity index (χ2v) is 4.32. The molecule has 8 heteroatoms. The van der Waals surface area contributed by atoms with E-state index in [0.717, 1.165) is 6.07 Å². The molecule has 18 heavy (non-hydrogen) atoms. The topological polar surface area (TPSA) is 51.6 Å². The third-order valence-corrected chi connectivity index (χ3v) is 2.80. The van der Waals surface area contributed by atoms with Gasteiger partial charge in [-0.1, -0.05) is 15.9 Å². The van der Waals surface area contributed by atoms with Gasteiger partial charge < -0.3 is 0 Å². The van der Waals surface area contributed by atoms with Gasteiger partial charge in [0.05, 0.1) is 5.56 Å². The summed E-state index contributed by atoms with van der Waals surface area (Å²) in [4.78, 5) is 0. The molecule has 0 fully saturated rings. The first kappa shape index (κ1) is 12.9. The molecule has 0 saturated carbocycles. The third-order valence-electron chi connectivity index (χ3n) is 2.11. The zero-order valence-electron chi connectivity index (χ0n) is 9.03. The molecule has 1 heterocycles. The molecule has 2 rings (SSSR count). The summed E-state index contributed by atoms with van der Waals surface area (Å²) >= 11 is 2.86. The second-order valence-electron chi connectivity index (χ2n) is 3.46. The number of hydrogen-bond donors (Lipinski definition) is 0. The third kappa shape index (κ3) is 2.63. The van der Waals surface area contributed by atoms with Crippen LogP contribution in [0, 0.1) is 6.92 Å². The Balaban J connectivity index is 2.50. The molecule has 0 aliphatic rings. The van der Waals surface area contributed by atoms with Crippen LogP contribution >= 0.6 is 15.9 Å². The maximum Gasteiger partial charge on any atom is 0.417 e. The molecule has 0 atom stereocenters. The van der Waals surface area contributed by atoms with Gasteiger partial charge in [0.2, 0.25) is 5.82 Å². The molecule has 0 unspecified atom stereocenters. The Kier molecular flexibility index (Phi) is 3.29. The standard InChI is InChI=1S/C10H6BrF3N4/c1-5-15-17-9(18-16-5)6-2-3-8(11)7(4-6)10(12,13)14/h2-4H,1H3. The highest BCUT2D eigenvalue weighted by Crippen LogP contribution is 2.36. The van der Waals surface area contributed by atoms with Crippen LogP contribution in [0.5, 0.6) is 0 Å². The number of hydrogen-bond acceptors (Lipinski definition) is 4. The van der Waals surface area contributed by atoms with E-state index >= 15 is 0 Å². The van der Waals surface area contributed by atoms with E-state index in [1.165, 1.54) is 12.1 Å². The van der Waals surface area contributed by atoms with Crippen LogP contribution in [0.2, 0.25) is 0 Å². The van der Waals surface area contributed by atoms with Crippen molar-refractivity contribution in [3.8, 4) is 11.4 Å². The van der Waals surface area contributed by atoms with E-state index in [0.29, 0.717) is 5.82 Å². The van der Waals surface area contributed by atoms with E-state index in [1.54, 1.807) is 6.92 Å². The molecule has 2 aromatic rings. The van der Waals surface area contributed by atoms with Crippen molar-refractivity contribution in [3.63, 3.8) is 0 Å². The molecule has 0 bridgehead atoms. The van der Waals surface area contributed by atoms with Crippen molar-refractivity contribution in [3.05, 3.63) is 34.1 Å². The van der Waals surface area contributed by atoms with Crippen LogP contribution in [0.15, 0.2) is 22.7 Å². The Labute approximate surface area is 108 Å². The summed E-state index contributed by atoms with van der Waals surface area (Å²) in [7, 11) is 0. The van der Waals surface area contributed by atoms with Gasteiger partial charge in [0, 0.05) is 10.0 Å². The first-order valence-electron chi connectivity index (χ1n) is 4.79. The van der Waals surface area contributed by atoms with Crippen LogP contribution in [0.1, 0.15) is 11.4 Å². The summed E-state index contributed by atoms with van der Waals surface area (Å²) in [6, 6.07) is 3.72. The Morgan fingerprint density at radius 1 is 1.06 bits per heavy atom. The molecule has 0 amide bonds. The minimum absolute atomic E-state index is 0.0354. The van der Waals surface area contributed by atoms with E-state index in [-0.39, 0.29) is 15.9 Å². The molecule has 0 radical (unpaired) electrons. The molecule has 4 nitrogen and oxygen atoms in total. The predicted molar refractivity (Wildman–Crippen MR) is 60.5 cm³/mol. The lowest BCUT2D eigenvalue weighted by Gasteiger charge is -2.10. The van der Waals surface area contributed by atoms with Crippen molar-refractivity contribution >= 4 is 15.9 Å². The molecule has 94 valence electrons.